The van der Waals surface area contributed by atoms with Gasteiger partial charge in [0.1, 0.15) is 0 Å². The van der Waals surface area contributed by atoms with Crippen molar-refractivity contribution in [2.45, 2.75) is 10.9 Å². The van der Waals surface area contributed by atoms with Crippen molar-refractivity contribution in [2.24, 2.45) is 0 Å². The van der Waals surface area contributed by atoms with E-state index in [4.69, 9.17) is 9.47 Å². The van der Waals surface area contributed by atoms with Crippen molar-refractivity contribution in [3.8, 4) is 11.5 Å². The second-order valence-corrected chi connectivity index (χ2v) is 10.2. The third-order valence-corrected chi connectivity index (χ3v) is 7.74. The van der Waals surface area contributed by atoms with Crippen LogP contribution in [-0.2, 0) is 14.8 Å². The van der Waals surface area contributed by atoms with Crippen molar-refractivity contribution in [1.82, 2.24) is 14.5 Å². The molecule has 9 heteroatoms. The molecule has 4 rings (SSSR count). The molecule has 0 aromatic heterocycles. The molecule has 8 nitrogen and oxygen atoms in total. The first-order chi connectivity index (χ1) is 17.4. The molecule has 3 aromatic rings. The Morgan fingerprint density at radius 3 is 1.92 bits per heavy atom. The van der Waals surface area contributed by atoms with Crippen LogP contribution >= 0.6 is 0 Å². The van der Waals surface area contributed by atoms with Crippen molar-refractivity contribution in [3.05, 3.63) is 90.0 Å². The number of ether oxygens (including phenoxy) is 2. The Morgan fingerprint density at radius 2 is 1.39 bits per heavy atom. The van der Waals surface area contributed by atoms with Crippen molar-refractivity contribution in [3.63, 3.8) is 0 Å². The van der Waals surface area contributed by atoms with Crippen LogP contribution in [0.2, 0.25) is 0 Å². The van der Waals surface area contributed by atoms with Gasteiger partial charge in [-0.15, -0.1) is 0 Å². The maximum atomic E-state index is 12.9. The van der Waals surface area contributed by atoms with Crippen LogP contribution in [0.15, 0.2) is 83.8 Å². The van der Waals surface area contributed by atoms with Gasteiger partial charge in [-0.25, -0.2) is 13.1 Å². The number of piperazine rings is 1. The third-order valence-electron chi connectivity index (χ3n) is 6.34. The molecule has 0 saturated carbocycles. The topological polar surface area (TPSA) is 88.2 Å². The molecule has 1 saturated heterocycles. The Kier molecular flexibility index (Phi) is 8.25. The van der Waals surface area contributed by atoms with Gasteiger partial charge in [0.15, 0.2) is 11.5 Å². The summed E-state index contributed by atoms with van der Waals surface area (Å²) < 4.78 is 38.3. The largest absolute Gasteiger partial charge is 0.493 e. The molecule has 190 valence electrons. The molecule has 36 heavy (non-hydrogen) atoms. The number of nitrogens with one attached hydrogen (secondary N) is 1. The van der Waals surface area contributed by atoms with Gasteiger partial charge in [-0.3, -0.25) is 9.69 Å². The zero-order valence-electron chi connectivity index (χ0n) is 20.5. The Hall–Kier alpha value is -3.40. The van der Waals surface area contributed by atoms with E-state index in [9.17, 15) is 13.2 Å². The summed E-state index contributed by atoms with van der Waals surface area (Å²) in [6.45, 7) is 2.10. The first-order valence-corrected chi connectivity index (χ1v) is 13.2. The highest BCUT2D eigenvalue weighted by molar-refractivity contribution is 7.89. The molecule has 1 amide bonds. The molecule has 0 radical (unpaired) electrons. The number of hydrogen-bond donors (Lipinski definition) is 1. The SMILES string of the molecule is COc1ccc(S(=O)(=O)NCC(=O)N2CCN(C(c3ccccc3)c3ccccc3)CC2)cc1OC. The second kappa shape index (κ2) is 11.6. The van der Waals surface area contributed by atoms with Crippen molar-refractivity contribution >= 4 is 15.9 Å². The van der Waals surface area contributed by atoms with Crippen molar-refractivity contribution < 1.29 is 22.7 Å². The van der Waals surface area contributed by atoms with E-state index in [-0.39, 0.29) is 23.4 Å². The Labute approximate surface area is 212 Å². The van der Waals surface area contributed by atoms with Crippen LogP contribution in [0.4, 0.5) is 0 Å². The normalized spacial score (nSPS) is 14.6. The maximum absolute atomic E-state index is 12.9. The van der Waals surface area contributed by atoms with Gasteiger partial charge < -0.3 is 14.4 Å². The minimum Gasteiger partial charge on any atom is -0.493 e. The van der Waals surface area contributed by atoms with Crippen LogP contribution in [0.5, 0.6) is 11.5 Å². The van der Waals surface area contributed by atoms with E-state index in [0.29, 0.717) is 37.7 Å². The minimum atomic E-state index is -3.89. The number of rotatable bonds is 9. The first kappa shape index (κ1) is 25.7. The van der Waals surface area contributed by atoms with E-state index in [1.54, 1.807) is 4.90 Å². The number of hydrogen-bond acceptors (Lipinski definition) is 6. The molecule has 3 aromatic carbocycles. The van der Waals surface area contributed by atoms with Gasteiger partial charge in [0.05, 0.1) is 31.7 Å². The van der Waals surface area contributed by atoms with E-state index in [0.717, 1.165) is 0 Å². The maximum Gasteiger partial charge on any atom is 0.241 e. The number of sulfonamides is 1. The lowest BCUT2D eigenvalue weighted by atomic mass is 9.96. The molecule has 0 spiro atoms. The second-order valence-electron chi connectivity index (χ2n) is 8.48. The number of methoxy groups -OCH3 is 2. The quantitative estimate of drug-likeness (QED) is 0.477. The lowest BCUT2D eigenvalue weighted by molar-refractivity contribution is -0.131. The van der Waals surface area contributed by atoms with E-state index in [1.165, 1.54) is 43.5 Å². The van der Waals surface area contributed by atoms with Crippen molar-refractivity contribution in [2.75, 3.05) is 46.9 Å². The molecule has 1 fully saturated rings. The summed E-state index contributed by atoms with van der Waals surface area (Å²) in [7, 11) is -0.979. The predicted octanol–water partition coefficient (Wildman–Crippen LogP) is 2.92. The van der Waals surface area contributed by atoms with E-state index < -0.39 is 10.0 Å². The van der Waals surface area contributed by atoms with E-state index >= 15 is 0 Å². The standard InChI is InChI=1S/C27H31N3O5S/c1-34-24-14-13-23(19-25(24)35-2)36(32,33)28-20-26(31)29-15-17-30(18-16-29)27(21-9-5-3-6-10-21)22-11-7-4-8-12-22/h3-14,19,27-28H,15-18,20H2,1-2H3. The highest BCUT2D eigenvalue weighted by Crippen LogP contribution is 2.30. The number of amides is 1. The molecular formula is C27H31N3O5S. The summed E-state index contributed by atoms with van der Waals surface area (Å²) in [5.74, 6) is 0.471. The first-order valence-electron chi connectivity index (χ1n) is 11.8. The average molecular weight is 510 g/mol. The van der Waals surface area contributed by atoms with Gasteiger partial charge in [-0.2, -0.15) is 0 Å². The van der Waals surface area contributed by atoms with Gasteiger partial charge in [0.2, 0.25) is 15.9 Å². The number of carbonyl (C=O) groups is 1. The average Bonchev–Trinajstić information content (AvgIpc) is 2.93. The summed E-state index contributed by atoms with van der Waals surface area (Å²) in [5, 5.41) is 0. The summed E-state index contributed by atoms with van der Waals surface area (Å²) >= 11 is 0. The van der Waals surface area contributed by atoms with E-state index in [2.05, 4.69) is 33.9 Å². The molecule has 0 atom stereocenters. The summed E-state index contributed by atoms with van der Waals surface area (Å²) in [4.78, 5) is 16.9. The fraction of sp³-hybridized carbons (Fsp3) is 0.296. The van der Waals surface area contributed by atoms with Crippen LogP contribution in [0, 0.1) is 0 Å². The zero-order chi connectivity index (χ0) is 25.5. The number of nitrogens with zero attached hydrogens (tertiary/aromatic N) is 2. The summed E-state index contributed by atoms with van der Waals surface area (Å²) in [6, 6.07) is 25.1. The Morgan fingerprint density at radius 1 is 0.833 bits per heavy atom. The lowest BCUT2D eigenvalue weighted by Crippen LogP contribution is -2.52. The lowest BCUT2D eigenvalue weighted by Gasteiger charge is -2.39. The predicted molar refractivity (Wildman–Crippen MR) is 138 cm³/mol. The Balaban J connectivity index is 1.38. The fourth-order valence-electron chi connectivity index (χ4n) is 4.45. The highest BCUT2D eigenvalue weighted by Gasteiger charge is 2.28. The number of benzene rings is 3. The van der Waals surface area contributed by atoms with Crippen LogP contribution in [0.25, 0.3) is 0 Å². The van der Waals surface area contributed by atoms with Gasteiger partial charge in [-0.1, -0.05) is 60.7 Å². The van der Waals surface area contributed by atoms with Crippen LogP contribution in [0.1, 0.15) is 17.2 Å². The molecule has 1 aliphatic rings. The molecule has 0 aliphatic carbocycles. The third kappa shape index (κ3) is 5.87. The minimum absolute atomic E-state index is 0.00586. The summed E-state index contributed by atoms with van der Waals surface area (Å²) in [6.07, 6.45) is 0. The molecule has 1 N–H and O–H groups in total. The highest BCUT2D eigenvalue weighted by atomic mass is 32.2. The van der Waals surface area contributed by atoms with Gasteiger partial charge >= 0.3 is 0 Å². The van der Waals surface area contributed by atoms with Gasteiger partial charge in [-0.05, 0) is 23.3 Å². The van der Waals surface area contributed by atoms with Gasteiger partial charge in [0.25, 0.3) is 0 Å². The van der Waals surface area contributed by atoms with Crippen LogP contribution < -0.4 is 14.2 Å². The molecule has 0 unspecified atom stereocenters. The molecule has 1 aliphatic heterocycles. The fourth-order valence-corrected chi connectivity index (χ4v) is 5.44. The monoisotopic (exact) mass is 509 g/mol. The van der Waals surface area contributed by atoms with Crippen LogP contribution in [0.3, 0.4) is 0 Å². The summed E-state index contributed by atoms with van der Waals surface area (Å²) in [5.41, 5.74) is 2.40. The molecule has 1 heterocycles. The number of carbonyl (C=O) groups excluding carboxylic acids is 1. The van der Waals surface area contributed by atoms with E-state index in [1.807, 2.05) is 36.4 Å². The van der Waals surface area contributed by atoms with Gasteiger partial charge in [0, 0.05) is 32.2 Å². The Bertz CT molecular complexity index is 1220. The smallest absolute Gasteiger partial charge is 0.241 e. The molecular weight excluding hydrogens is 478 g/mol. The van der Waals surface area contributed by atoms with Crippen molar-refractivity contribution in [1.29, 1.82) is 0 Å². The van der Waals surface area contributed by atoms with Crippen LogP contribution in [-0.4, -0.2) is 71.1 Å². The zero-order valence-corrected chi connectivity index (χ0v) is 21.3. The molecule has 0 bridgehead atoms.